The minimum Gasteiger partial charge on any atom is -0.365 e. The largest absolute Gasteiger partial charge is 0.365 e. The number of primary amides is 1. The van der Waals surface area contributed by atoms with Gasteiger partial charge in [-0.2, -0.15) is 0 Å². The van der Waals surface area contributed by atoms with E-state index in [-0.39, 0.29) is 11.3 Å². The third-order valence-corrected chi connectivity index (χ3v) is 1.59. The second-order valence-electron chi connectivity index (χ2n) is 2.47. The zero-order valence-corrected chi connectivity index (χ0v) is 6.93. The molecule has 0 saturated heterocycles. The fraction of sp³-hybridized carbons (Fsp3) is 0. The van der Waals surface area contributed by atoms with Crippen molar-refractivity contribution in [1.82, 2.24) is 0 Å². The summed E-state index contributed by atoms with van der Waals surface area (Å²) in [6.07, 6.45) is 0. The van der Waals surface area contributed by atoms with Crippen LogP contribution in [-0.4, -0.2) is 16.0 Å². The van der Waals surface area contributed by atoms with Crippen molar-refractivity contribution in [2.75, 3.05) is 5.48 Å². The number of carbonyl (C=O) groups excluding carboxylic acids is 1. The molecule has 0 aliphatic rings. The zero-order valence-electron chi connectivity index (χ0n) is 6.93. The Labute approximate surface area is 78.2 Å². The van der Waals surface area contributed by atoms with Crippen LogP contribution in [0.3, 0.4) is 0 Å². The summed E-state index contributed by atoms with van der Waals surface area (Å²) in [7, 11) is 0. The predicted octanol–water partition coefficient (Wildman–Crippen LogP) is 0.495. The highest BCUT2D eigenvalue weighted by Gasteiger charge is 2.18. The summed E-state index contributed by atoms with van der Waals surface area (Å²) in [6.45, 7) is 0. The molecule has 0 bridgehead atoms. The van der Waals surface area contributed by atoms with Crippen LogP contribution < -0.4 is 11.2 Å². The molecular weight excluding hydrogens is 190 g/mol. The standard InChI is InChI=1S/C7H7N3O4/c8-7(11)5-2-1-4(9-12)3-6(5)10(13)14/h1-3,9,12H,(H2,8,11). The van der Waals surface area contributed by atoms with Gasteiger partial charge < -0.3 is 5.73 Å². The van der Waals surface area contributed by atoms with E-state index in [2.05, 4.69) is 0 Å². The highest BCUT2D eigenvalue weighted by Crippen LogP contribution is 2.22. The fourth-order valence-corrected chi connectivity index (χ4v) is 0.961. The number of nitro groups is 1. The van der Waals surface area contributed by atoms with Gasteiger partial charge in [-0.15, -0.1) is 0 Å². The lowest BCUT2D eigenvalue weighted by molar-refractivity contribution is -0.385. The minimum atomic E-state index is -0.888. The summed E-state index contributed by atoms with van der Waals surface area (Å²) in [5, 5.41) is 19.0. The molecule has 1 rings (SSSR count). The van der Waals surface area contributed by atoms with Gasteiger partial charge in [-0.05, 0) is 12.1 Å². The van der Waals surface area contributed by atoms with Crippen molar-refractivity contribution in [3.05, 3.63) is 33.9 Å². The van der Waals surface area contributed by atoms with Crippen LogP contribution in [0.25, 0.3) is 0 Å². The number of amides is 1. The first kappa shape index (κ1) is 9.93. The summed E-state index contributed by atoms with van der Waals surface area (Å²) in [4.78, 5) is 20.5. The first-order chi connectivity index (χ1) is 6.56. The number of nitrogens with zero attached hydrogens (tertiary/aromatic N) is 1. The summed E-state index contributed by atoms with van der Waals surface area (Å²) < 4.78 is 0. The molecule has 0 aliphatic carbocycles. The molecule has 0 radical (unpaired) electrons. The van der Waals surface area contributed by atoms with Crippen molar-refractivity contribution in [3.63, 3.8) is 0 Å². The molecule has 4 N–H and O–H groups in total. The van der Waals surface area contributed by atoms with Crippen molar-refractivity contribution in [3.8, 4) is 0 Å². The molecule has 74 valence electrons. The number of nitrogens with one attached hydrogen (secondary N) is 1. The smallest absolute Gasteiger partial charge is 0.284 e. The maximum Gasteiger partial charge on any atom is 0.284 e. The van der Waals surface area contributed by atoms with E-state index in [0.29, 0.717) is 0 Å². The average molecular weight is 197 g/mol. The number of nitrogens with two attached hydrogens (primary N) is 1. The van der Waals surface area contributed by atoms with Crippen LogP contribution in [0.1, 0.15) is 10.4 Å². The third kappa shape index (κ3) is 1.77. The van der Waals surface area contributed by atoms with Crippen LogP contribution in [0.4, 0.5) is 11.4 Å². The maximum absolute atomic E-state index is 10.8. The quantitative estimate of drug-likeness (QED) is 0.481. The molecule has 0 fully saturated rings. The normalized spacial score (nSPS) is 9.50. The number of hydrogen-bond acceptors (Lipinski definition) is 5. The molecule has 7 nitrogen and oxygen atoms in total. The van der Waals surface area contributed by atoms with Crippen molar-refractivity contribution in [1.29, 1.82) is 0 Å². The van der Waals surface area contributed by atoms with E-state index in [0.717, 1.165) is 6.07 Å². The lowest BCUT2D eigenvalue weighted by Gasteiger charge is -2.01. The monoisotopic (exact) mass is 197 g/mol. The lowest BCUT2D eigenvalue weighted by atomic mass is 10.1. The molecule has 0 spiro atoms. The van der Waals surface area contributed by atoms with E-state index >= 15 is 0 Å². The van der Waals surface area contributed by atoms with Crippen LogP contribution in [-0.2, 0) is 0 Å². The van der Waals surface area contributed by atoms with Gasteiger partial charge in [-0.25, -0.2) is 0 Å². The highest BCUT2D eigenvalue weighted by atomic mass is 16.6. The molecule has 1 aromatic carbocycles. The van der Waals surface area contributed by atoms with Crippen LogP contribution in [0.15, 0.2) is 18.2 Å². The Hall–Kier alpha value is -2.15. The van der Waals surface area contributed by atoms with Crippen molar-refractivity contribution in [2.45, 2.75) is 0 Å². The molecule has 0 aromatic heterocycles. The molecule has 0 heterocycles. The molecule has 14 heavy (non-hydrogen) atoms. The molecule has 0 saturated carbocycles. The molecule has 1 aromatic rings. The number of carbonyl (C=O) groups is 1. The summed E-state index contributed by atoms with van der Waals surface area (Å²) in [5.41, 5.74) is 6.11. The fourth-order valence-electron chi connectivity index (χ4n) is 0.961. The van der Waals surface area contributed by atoms with Crippen LogP contribution >= 0.6 is 0 Å². The second-order valence-corrected chi connectivity index (χ2v) is 2.47. The van der Waals surface area contributed by atoms with Gasteiger partial charge in [0, 0.05) is 6.07 Å². The topological polar surface area (TPSA) is 118 Å². The van der Waals surface area contributed by atoms with Crippen molar-refractivity contribution in [2.24, 2.45) is 5.73 Å². The van der Waals surface area contributed by atoms with Crippen molar-refractivity contribution >= 4 is 17.3 Å². The Morgan fingerprint density at radius 2 is 2.21 bits per heavy atom. The molecule has 0 atom stereocenters. The first-order valence-electron chi connectivity index (χ1n) is 3.54. The van der Waals surface area contributed by atoms with Gasteiger partial charge in [-0.3, -0.25) is 25.6 Å². The molecule has 1 amide bonds. The predicted molar refractivity (Wildman–Crippen MR) is 47.0 cm³/mol. The van der Waals surface area contributed by atoms with Gasteiger partial charge in [-0.1, -0.05) is 0 Å². The van der Waals surface area contributed by atoms with E-state index in [1.165, 1.54) is 12.1 Å². The van der Waals surface area contributed by atoms with Gasteiger partial charge in [0.2, 0.25) is 0 Å². The highest BCUT2D eigenvalue weighted by molar-refractivity contribution is 5.97. The summed E-state index contributed by atoms with van der Waals surface area (Å²) >= 11 is 0. The van der Waals surface area contributed by atoms with E-state index < -0.39 is 16.5 Å². The number of hydrogen-bond donors (Lipinski definition) is 3. The molecule has 0 aliphatic heterocycles. The van der Waals surface area contributed by atoms with Gasteiger partial charge in [0.1, 0.15) is 5.56 Å². The van der Waals surface area contributed by atoms with Gasteiger partial charge in [0.05, 0.1) is 10.6 Å². The Kier molecular flexibility index (Phi) is 2.63. The van der Waals surface area contributed by atoms with E-state index in [1.807, 2.05) is 0 Å². The Bertz CT molecular complexity index is 391. The second kappa shape index (κ2) is 3.71. The molecule has 7 heteroatoms. The Balaban J connectivity index is 3.31. The van der Waals surface area contributed by atoms with Crippen LogP contribution in [0.5, 0.6) is 0 Å². The van der Waals surface area contributed by atoms with E-state index in [9.17, 15) is 14.9 Å². The van der Waals surface area contributed by atoms with Crippen LogP contribution in [0, 0.1) is 10.1 Å². The van der Waals surface area contributed by atoms with E-state index in [1.54, 1.807) is 5.48 Å². The lowest BCUT2D eigenvalue weighted by Crippen LogP contribution is -2.13. The van der Waals surface area contributed by atoms with Gasteiger partial charge >= 0.3 is 0 Å². The average Bonchev–Trinajstić information content (AvgIpc) is 2.16. The number of nitro benzene ring substituents is 1. The Morgan fingerprint density at radius 1 is 1.57 bits per heavy atom. The van der Waals surface area contributed by atoms with E-state index in [4.69, 9.17) is 10.9 Å². The minimum absolute atomic E-state index is 0.113. The maximum atomic E-state index is 10.8. The van der Waals surface area contributed by atoms with Gasteiger partial charge in [0.25, 0.3) is 11.6 Å². The summed E-state index contributed by atoms with van der Waals surface area (Å²) in [6, 6.07) is 3.48. The van der Waals surface area contributed by atoms with Crippen LogP contribution in [0.2, 0.25) is 0 Å². The third-order valence-electron chi connectivity index (χ3n) is 1.59. The van der Waals surface area contributed by atoms with Crippen molar-refractivity contribution < 1.29 is 14.9 Å². The first-order valence-corrected chi connectivity index (χ1v) is 3.54. The SMILES string of the molecule is NC(=O)c1ccc(NO)cc1[N+](=O)[O-]. The Morgan fingerprint density at radius 3 is 2.64 bits per heavy atom. The molecule has 0 unspecified atom stereocenters. The number of anilines is 1. The zero-order chi connectivity index (χ0) is 10.7. The number of benzene rings is 1. The number of rotatable bonds is 3. The van der Waals surface area contributed by atoms with Gasteiger partial charge in [0.15, 0.2) is 0 Å². The molecular formula is C7H7N3O4. The summed E-state index contributed by atoms with van der Waals surface area (Å²) in [5.74, 6) is -0.888.